The number of imide groups is 1. The van der Waals surface area contributed by atoms with Crippen LogP contribution in [0.3, 0.4) is 0 Å². The highest BCUT2D eigenvalue weighted by Gasteiger charge is 2.35. The zero-order valence-corrected chi connectivity index (χ0v) is 11.6. The minimum atomic E-state index is -4.72. The average Bonchev–Trinajstić information content (AvgIpc) is 2.76. The van der Waals surface area contributed by atoms with E-state index in [2.05, 4.69) is 10.1 Å². The van der Waals surface area contributed by atoms with E-state index in [0.717, 1.165) is 12.4 Å². The van der Waals surface area contributed by atoms with Gasteiger partial charge in [-0.1, -0.05) is 0 Å². The van der Waals surface area contributed by atoms with Crippen LogP contribution in [-0.4, -0.2) is 26.6 Å². The first-order valence-corrected chi connectivity index (χ1v) is 6.07. The van der Waals surface area contributed by atoms with Crippen LogP contribution in [0.25, 0.3) is 0 Å². The van der Waals surface area contributed by atoms with Gasteiger partial charge in [-0.05, 0) is 13.0 Å². The summed E-state index contributed by atoms with van der Waals surface area (Å²) in [6, 6.07) is 0.675. The van der Waals surface area contributed by atoms with Crippen molar-refractivity contribution in [1.82, 2.24) is 20.1 Å². The molecular weight excluding hydrogens is 301 g/mol. The Kier molecular flexibility index (Phi) is 3.98. The van der Waals surface area contributed by atoms with Gasteiger partial charge in [0.25, 0.3) is 11.8 Å². The van der Waals surface area contributed by atoms with Crippen LogP contribution in [-0.2, 0) is 13.2 Å². The van der Waals surface area contributed by atoms with Gasteiger partial charge in [-0.25, -0.2) is 0 Å². The molecule has 0 spiro atoms. The Bertz CT molecular complexity index is 737. The molecule has 2 aromatic heterocycles. The van der Waals surface area contributed by atoms with Crippen LogP contribution in [0.5, 0.6) is 0 Å². The Morgan fingerprint density at radius 3 is 2.41 bits per heavy atom. The molecule has 0 aliphatic carbocycles. The van der Waals surface area contributed by atoms with Gasteiger partial charge in [-0.3, -0.25) is 24.6 Å². The summed E-state index contributed by atoms with van der Waals surface area (Å²) in [6.45, 7) is 1.55. The van der Waals surface area contributed by atoms with Crippen LogP contribution in [0.1, 0.15) is 32.0 Å². The summed E-state index contributed by atoms with van der Waals surface area (Å²) in [4.78, 5) is 27.3. The smallest absolute Gasteiger partial charge is 0.288 e. The Hall–Kier alpha value is -2.71. The molecule has 0 bridgehead atoms. The lowest BCUT2D eigenvalue weighted by molar-refractivity contribution is -0.138. The van der Waals surface area contributed by atoms with Crippen molar-refractivity contribution in [2.24, 2.45) is 7.05 Å². The number of amides is 2. The van der Waals surface area contributed by atoms with Crippen LogP contribution in [0.4, 0.5) is 13.2 Å². The summed E-state index contributed by atoms with van der Waals surface area (Å²) in [5, 5.41) is 5.83. The van der Waals surface area contributed by atoms with Gasteiger partial charge in [-0.2, -0.15) is 18.3 Å². The van der Waals surface area contributed by atoms with Crippen molar-refractivity contribution < 1.29 is 22.8 Å². The van der Waals surface area contributed by atoms with E-state index in [1.807, 2.05) is 5.32 Å². The van der Waals surface area contributed by atoms with Crippen LogP contribution in [0, 0.1) is 6.92 Å². The molecule has 0 saturated carbocycles. The number of hydrogen-bond acceptors (Lipinski definition) is 4. The lowest BCUT2D eigenvalue weighted by Crippen LogP contribution is -2.32. The first-order valence-electron chi connectivity index (χ1n) is 6.07. The van der Waals surface area contributed by atoms with Gasteiger partial charge < -0.3 is 0 Å². The quantitative estimate of drug-likeness (QED) is 0.857. The standard InChI is InChI=1S/C13H11F3N4O2/c1-7-9(6-20(2)19-7)12(22)18-11(21)8-5-17-4-3-10(8)13(14,15)16/h3-6H,1-2H3,(H,18,21,22). The van der Waals surface area contributed by atoms with Gasteiger partial charge in [0.15, 0.2) is 0 Å². The van der Waals surface area contributed by atoms with Gasteiger partial charge in [0, 0.05) is 25.6 Å². The van der Waals surface area contributed by atoms with Crippen molar-refractivity contribution >= 4 is 11.8 Å². The second kappa shape index (κ2) is 5.58. The predicted octanol–water partition coefficient (Wildman–Crippen LogP) is 1.71. The molecule has 9 heteroatoms. The summed E-state index contributed by atoms with van der Waals surface area (Å²) < 4.78 is 39.9. The Balaban J connectivity index is 2.27. The number of carbonyl (C=O) groups is 2. The zero-order valence-electron chi connectivity index (χ0n) is 11.6. The van der Waals surface area contributed by atoms with Crippen LogP contribution < -0.4 is 5.32 Å². The molecule has 6 nitrogen and oxygen atoms in total. The Labute approximate surface area is 123 Å². The first kappa shape index (κ1) is 15.7. The molecule has 116 valence electrons. The van der Waals surface area contributed by atoms with Gasteiger partial charge >= 0.3 is 6.18 Å². The van der Waals surface area contributed by atoms with Crippen molar-refractivity contribution in [2.75, 3.05) is 0 Å². The van der Waals surface area contributed by atoms with E-state index in [1.54, 1.807) is 14.0 Å². The summed E-state index contributed by atoms with van der Waals surface area (Å²) in [7, 11) is 1.58. The SMILES string of the molecule is Cc1nn(C)cc1C(=O)NC(=O)c1cnccc1C(F)(F)F. The topological polar surface area (TPSA) is 76.9 Å². The number of hydrogen-bond donors (Lipinski definition) is 1. The molecular formula is C13H11F3N4O2. The van der Waals surface area contributed by atoms with E-state index in [-0.39, 0.29) is 5.56 Å². The molecule has 2 heterocycles. The van der Waals surface area contributed by atoms with E-state index in [1.165, 1.54) is 10.9 Å². The number of carbonyl (C=O) groups excluding carboxylic acids is 2. The zero-order chi connectivity index (χ0) is 16.5. The van der Waals surface area contributed by atoms with E-state index in [9.17, 15) is 22.8 Å². The first-order chi connectivity index (χ1) is 10.2. The van der Waals surface area contributed by atoms with E-state index in [0.29, 0.717) is 11.8 Å². The summed E-state index contributed by atoms with van der Waals surface area (Å²) in [5.41, 5.74) is -1.41. The third-order valence-electron chi connectivity index (χ3n) is 2.86. The predicted molar refractivity (Wildman–Crippen MR) is 69.0 cm³/mol. The molecule has 2 aromatic rings. The fourth-order valence-electron chi connectivity index (χ4n) is 1.88. The number of aromatic nitrogens is 3. The number of pyridine rings is 1. The molecule has 0 aliphatic heterocycles. The minimum absolute atomic E-state index is 0.105. The number of nitrogens with one attached hydrogen (secondary N) is 1. The molecule has 0 atom stereocenters. The van der Waals surface area contributed by atoms with Gasteiger partial charge in [0.1, 0.15) is 0 Å². The van der Waals surface area contributed by atoms with E-state index in [4.69, 9.17) is 0 Å². The number of nitrogens with zero attached hydrogens (tertiary/aromatic N) is 3. The minimum Gasteiger partial charge on any atom is -0.288 e. The fraction of sp³-hybridized carbons (Fsp3) is 0.231. The molecule has 22 heavy (non-hydrogen) atoms. The van der Waals surface area contributed by atoms with Gasteiger partial charge in [0.05, 0.1) is 22.4 Å². The van der Waals surface area contributed by atoms with Crippen molar-refractivity contribution in [3.05, 3.63) is 47.0 Å². The van der Waals surface area contributed by atoms with Gasteiger partial charge in [0.2, 0.25) is 0 Å². The van der Waals surface area contributed by atoms with Crippen molar-refractivity contribution in [3.63, 3.8) is 0 Å². The summed E-state index contributed by atoms with van der Waals surface area (Å²) in [5.74, 6) is -2.00. The number of rotatable bonds is 2. The maximum Gasteiger partial charge on any atom is 0.417 e. The molecule has 0 fully saturated rings. The molecule has 0 saturated heterocycles. The number of halogens is 3. The molecule has 0 aromatic carbocycles. The highest BCUT2D eigenvalue weighted by Crippen LogP contribution is 2.31. The lowest BCUT2D eigenvalue weighted by Gasteiger charge is -2.11. The largest absolute Gasteiger partial charge is 0.417 e. The maximum atomic E-state index is 12.8. The molecule has 2 amide bonds. The second-order valence-corrected chi connectivity index (χ2v) is 4.50. The monoisotopic (exact) mass is 312 g/mol. The third-order valence-corrected chi connectivity index (χ3v) is 2.86. The van der Waals surface area contributed by atoms with Crippen molar-refractivity contribution in [2.45, 2.75) is 13.1 Å². The molecule has 2 rings (SSSR count). The third kappa shape index (κ3) is 3.13. The Morgan fingerprint density at radius 1 is 1.23 bits per heavy atom. The molecule has 0 radical (unpaired) electrons. The summed E-state index contributed by atoms with van der Waals surface area (Å²) in [6.07, 6.45) is -1.66. The van der Waals surface area contributed by atoms with Crippen molar-refractivity contribution in [1.29, 1.82) is 0 Å². The maximum absolute atomic E-state index is 12.8. The normalized spacial score (nSPS) is 11.3. The van der Waals surface area contributed by atoms with Crippen LogP contribution in [0.2, 0.25) is 0 Å². The van der Waals surface area contributed by atoms with E-state index >= 15 is 0 Å². The van der Waals surface area contributed by atoms with Crippen molar-refractivity contribution in [3.8, 4) is 0 Å². The number of aryl methyl sites for hydroxylation is 2. The highest BCUT2D eigenvalue weighted by molar-refractivity contribution is 6.11. The van der Waals surface area contributed by atoms with Crippen LogP contribution >= 0.6 is 0 Å². The fourth-order valence-corrected chi connectivity index (χ4v) is 1.88. The molecule has 1 N–H and O–H groups in total. The Morgan fingerprint density at radius 2 is 1.86 bits per heavy atom. The van der Waals surface area contributed by atoms with Gasteiger partial charge in [-0.15, -0.1) is 0 Å². The average molecular weight is 312 g/mol. The lowest BCUT2D eigenvalue weighted by atomic mass is 10.1. The highest BCUT2D eigenvalue weighted by atomic mass is 19.4. The summed E-state index contributed by atoms with van der Waals surface area (Å²) >= 11 is 0. The van der Waals surface area contributed by atoms with E-state index < -0.39 is 29.1 Å². The second-order valence-electron chi connectivity index (χ2n) is 4.50. The molecule has 0 unspecified atom stereocenters. The number of alkyl halides is 3. The molecule has 0 aliphatic rings. The van der Waals surface area contributed by atoms with Crippen LogP contribution in [0.15, 0.2) is 24.7 Å².